The molecule has 2 aromatic heterocycles. The van der Waals surface area contributed by atoms with E-state index in [1.807, 2.05) is 6.92 Å². The number of rotatable bonds is 2. The van der Waals surface area contributed by atoms with Crippen LogP contribution in [0.1, 0.15) is 26.2 Å². The summed E-state index contributed by atoms with van der Waals surface area (Å²) < 4.78 is 0. The summed E-state index contributed by atoms with van der Waals surface area (Å²) in [5, 5.41) is 21.0. The molecular weight excluding hydrogens is 256 g/mol. The van der Waals surface area contributed by atoms with Gasteiger partial charge in [0.05, 0.1) is 17.2 Å². The summed E-state index contributed by atoms with van der Waals surface area (Å²) in [5.41, 5.74) is 0.152. The zero-order valence-electron chi connectivity index (χ0n) is 11.8. The van der Waals surface area contributed by atoms with E-state index in [1.165, 1.54) is 0 Å². The Hall–Kier alpha value is -1.89. The molecule has 0 amide bonds. The molecule has 1 unspecified atom stereocenters. The number of nitrogens with zero attached hydrogens (tertiary/aromatic N) is 4. The van der Waals surface area contributed by atoms with E-state index in [2.05, 4.69) is 30.4 Å². The van der Waals surface area contributed by atoms with Gasteiger partial charge < -0.3 is 15.3 Å². The van der Waals surface area contributed by atoms with Crippen LogP contribution in [0.3, 0.4) is 0 Å². The molecule has 20 heavy (non-hydrogen) atoms. The first-order valence-electron chi connectivity index (χ1n) is 6.95. The van der Waals surface area contributed by atoms with Crippen LogP contribution in [-0.4, -0.2) is 51.0 Å². The van der Waals surface area contributed by atoms with Gasteiger partial charge in [0.25, 0.3) is 0 Å². The second kappa shape index (κ2) is 4.90. The number of anilines is 2. The second-order valence-electron chi connectivity index (χ2n) is 5.59. The predicted molar refractivity (Wildman–Crippen MR) is 77.9 cm³/mol. The molecule has 0 bridgehead atoms. The van der Waals surface area contributed by atoms with E-state index in [-0.39, 0.29) is 0 Å². The van der Waals surface area contributed by atoms with Gasteiger partial charge in [-0.1, -0.05) is 0 Å². The SMILES string of the molecule is CNc1nc(N2CCCC(C)(O)CC2)c2cn[nH]c2n1. The highest BCUT2D eigenvalue weighted by atomic mass is 16.3. The first kappa shape index (κ1) is 13.1. The standard InChI is InChI=1S/C13H20N6O/c1-13(20)4-3-6-19(7-5-13)11-9-8-15-18-10(9)16-12(14-2)17-11/h8,20H,3-7H2,1-2H3,(H2,14,15,16,17,18). The molecule has 0 saturated carbocycles. The van der Waals surface area contributed by atoms with Gasteiger partial charge in [-0.2, -0.15) is 15.1 Å². The van der Waals surface area contributed by atoms with Crippen molar-refractivity contribution < 1.29 is 5.11 Å². The molecule has 1 saturated heterocycles. The number of fused-ring (bicyclic) bond motifs is 1. The summed E-state index contributed by atoms with van der Waals surface area (Å²) >= 11 is 0. The second-order valence-corrected chi connectivity index (χ2v) is 5.59. The van der Waals surface area contributed by atoms with Crippen LogP contribution in [0.2, 0.25) is 0 Å². The fourth-order valence-electron chi connectivity index (χ4n) is 2.65. The van der Waals surface area contributed by atoms with Crippen LogP contribution in [0.15, 0.2) is 6.20 Å². The minimum absolute atomic E-state index is 0.577. The summed E-state index contributed by atoms with van der Waals surface area (Å²) in [5.74, 6) is 1.46. The van der Waals surface area contributed by atoms with Gasteiger partial charge in [-0.15, -0.1) is 0 Å². The lowest BCUT2D eigenvalue weighted by molar-refractivity contribution is 0.0481. The van der Waals surface area contributed by atoms with Gasteiger partial charge in [0.1, 0.15) is 5.82 Å². The highest BCUT2D eigenvalue weighted by molar-refractivity contribution is 5.87. The lowest BCUT2D eigenvalue weighted by Gasteiger charge is -2.24. The minimum Gasteiger partial charge on any atom is -0.390 e. The first-order chi connectivity index (χ1) is 9.59. The van der Waals surface area contributed by atoms with Crippen molar-refractivity contribution in [2.45, 2.75) is 31.8 Å². The van der Waals surface area contributed by atoms with Crippen molar-refractivity contribution >= 4 is 22.8 Å². The Morgan fingerprint density at radius 1 is 1.35 bits per heavy atom. The number of aliphatic hydroxyl groups is 1. The summed E-state index contributed by atoms with van der Waals surface area (Å²) in [6, 6.07) is 0. The molecule has 1 atom stereocenters. The molecule has 0 spiro atoms. The normalized spacial score (nSPS) is 23.9. The largest absolute Gasteiger partial charge is 0.390 e. The maximum absolute atomic E-state index is 10.2. The molecule has 7 heteroatoms. The highest BCUT2D eigenvalue weighted by Gasteiger charge is 2.26. The van der Waals surface area contributed by atoms with E-state index in [9.17, 15) is 5.11 Å². The molecule has 2 aromatic rings. The Morgan fingerprint density at radius 3 is 3.00 bits per heavy atom. The number of nitrogens with one attached hydrogen (secondary N) is 2. The lowest BCUT2D eigenvalue weighted by Crippen LogP contribution is -2.29. The van der Waals surface area contributed by atoms with E-state index < -0.39 is 5.60 Å². The van der Waals surface area contributed by atoms with Crippen LogP contribution in [-0.2, 0) is 0 Å². The summed E-state index contributed by atoms with van der Waals surface area (Å²) in [4.78, 5) is 11.1. The molecule has 3 heterocycles. The lowest BCUT2D eigenvalue weighted by atomic mass is 9.98. The molecule has 3 rings (SSSR count). The Balaban J connectivity index is 1.98. The van der Waals surface area contributed by atoms with E-state index in [0.717, 1.165) is 49.2 Å². The molecule has 0 aromatic carbocycles. The van der Waals surface area contributed by atoms with Crippen molar-refractivity contribution in [2.24, 2.45) is 0 Å². The summed E-state index contributed by atoms with van der Waals surface area (Å²) in [6.45, 7) is 3.58. The Labute approximate surface area is 117 Å². The molecule has 1 aliphatic rings. The third-order valence-corrected chi connectivity index (χ3v) is 3.88. The van der Waals surface area contributed by atoms with Gasteiger partial charge in [-0.05, 0) is 26.2 Å². The van der Waals surface area contributed by atoms with Crippen molar-refractivity contribution in [1.82, 2.24) is 20.2 Å². The van der Waals surface area contributed by atoms with E-state index in [1.54, 1.807) is 13.2 Å². The minimum atomic E-state index is -0.580. The number of hydrogen-bond acceptors (Lipinski definition) is 6. The quantitative estimate of drug-likeness (QED) is 0.762. The molecule has 7 nitrogen and oxygen atoms in total. The number of H-pyrrole nitrogens is 1. The number of aromatic nitrogens is 4. The maximum Gasteiger partial charge on any atom is 0.226 e. The van der Waals surface area contributed by atoms with Crippen LogP contribution in [0.5, 0.6) is 0 Å². The van der Waals surface area contributed by atoms with Gasteiger partial charge in [-0.3, -0.25) is 5.10 Å². The average Bonchev–Trinajstić information content (AvgIpc) is 2.82. The van der Waals surface area contributed by atoms with Gasteiger partial charge in [-0.25, -0.2) is 0 Å². The Bertz CT molecular complexity index is 608. The first-order valence-corrected chi connectivity index (χ1v) is 6.95. The number of hydrogen-bond donors (Lipinski definition) is 3. The molecule has 108 valence electrons. The molecule has 0 aliphatic carbocycles. The molecule has 3 N–H and O–H groups in total. The summed E-state index contributed by atoms with van der Waals surface area (Å²) in [7, 11) is 1.80. The van der Waals surface area contributed by atoms with Crippen LogP contribution < -0.4 is 10.2 Å². The van der Waals surface area contributed by atoms with Gasteiger partial charge >= 0.3 is 0 Å². The molecule has 1 aliphatic heterocycles. The highest BCUT2D eigenvalue weighted by Crippen LogP contribution is 2.28. The third kappa shape index (κ3) is 2.40. The summed E-state index contributed by atoms with van der Waals surface area (Å²) in [6.07, 6.45) is 4.27. The zero-order chi connectivity index (χ0) is 14.2. The Kier molecular flexibility index (Phi) is 3.21. The zero-order valence-corrected chi connectivity index (χ0v) is 11.8. The molecular formula is C13H20N6O. The van der Waals surface area contributed by atoms with Crippen molar-refractivity contribution in [3.05, 3.63) is 6.20 Å². The van der Waals surface area contributed by atoms with E-state index in [0.29, 0.717) is 5.95 Å². The van der Waals surface area contributed by atoms with Crippen LogP contribution in [0.4, 0.5) is 11.8 Å². The maximum atomic E-state index is 10.2. The average molecular weight is 276 g/mol. The smallest absolute Gasteiger partial charge is 0.226 e. The van der Waals surface area contributed by atoms with E-state index in [4.69, 9.17) is 0 Å². The topological polar surface area (TPSA) is 90.0 Å². The monoisotopic (exact) mass is 276 g/mol. The fraction of sp³-hybridized carbons (Fsp3) is 0.615. The van der Waals surface area contributed by atoms with Crippen LogP contribution in [0, 0.1) is 0 Å². The number of aromatic amines is 1. The van der Waals surface area contributed by atoms with Crippen molar-refractivity contribution in [1.29, 1.82) is 0 Å². The van der Waals surface area contributed by atoms with Gasteiger partial charge in [0.2, 0.25) is 5.95 Å². The predicted octanol–water partition coefficient (Wildman–Crippen LogP) is 1.14. The van der Waals surface area contributed by atoms with E-state index >= 15 is 0 Å². The fourth-order valence-corrected chi connectivity index (χ4v) is 2.65. The molecule has 1 fully saturated rings. The van der Waals surface area contributed by atoms with Crippen LogP contribution >= 0.6 is 0 Å². The third-order valence-electron chi connectivity index (χ3n) is 3.88. The van der Waals surface area contributed by atoms with Crippen molar-refractivity contribution in [3.8, 4) is 0 Å². The molecule has 0 radical (unpaired) electrons. The van der Waals surface area contributed by atoms with Gasteiger partial charge in [0, 0.05) is 20.1 Å². The van der Waals surface area contributed by atoms with Crippen LogP contribution in [0.25, 0.3) is 11.0 Å². The van der Waals surface area contributed by atoms with Gasteiger partial charge in [0.15, 0.2) is 5.65 Å². The van der Waals surface area contributed by atoms with Crippen molar-refractivity contribution in [2.75, 3.05) is 30.4 Å². The van der Waals surface area contributed by atoms with Crippen molar-refractivity contribution in [3.63, 3.8) is 0 Å². The Morgan fingerprint density at radius 2 is 2.20 bits per heavy atom.